The first-order valence-corrected chi connectivity index (χ1v) is 11.7. The Morgan fingerprint density at radius 2 is 1.97 bits per heavy atom. The molecule has 4 heterocycles. The van der Waals surface area contributed by atoms with Gasteiger partial charge in [-0.2, -0.15) is 0 Å². The van der Waals surface area contributed by atoms with Crippen LogP contribution < -0.4 is 4.84 Å². The average molecular weight is 455 g/mol. The van der Waals surface area contributed by atoms with Crippen molar-refractivity contribution in [1.82, 2.24) is 29.0 Å². The lowest BCUT2D eigenvalue weighted by Gasteiger charge is -2.32. The summed E-state index contributed by atoms with van der Waals surface area (Å²) in [5, 5.41) is 7.99. The van der Waals surface area contributed by atoms with Crippen LogP contribution in [0.15, 0.2) is 71.9 Å². The van der Waals surface area contributed by atoms with Crippen LogP contribution in [0.25, 0.3) is 11.2 Å². The van der Waals surface area contributed by atoms with E-state index in [4.69, 9.17) is 9.57 Å². The topological polar surface area (TPSA) is 104 Å². The van der Waals surface area contributed by atoms with Crippen LogP contribution in [0.2, 0.25) is 0 Å². The van der Waals surface area contributed by atoms with Gasteiger partial charge in [0.15, 0.2) is 0 Å². The fraction of sp³-hybridized carbons (Fsp3) is 0.286. The van der Waals surface area contributed by atoms with Crippen molar-refractivity contribution in [2.75, 3.05) is 26.3 Å². The first kappa shape index (κ1) is 20.6. The van der Waals surface area contributed by atoms with Crippen LogP contribution >= 0.6 is 0 Å². The minimum atomic E-state index is -3.64. The molecule has 11 heteroatoms. The minimum Gasteiger partial charge on any atom is -0.391 e. The van der Waals surface area contributed by atoms with Crippen LogP contribution in [-0.4, -0.2) is 69.8 Å². The van der Waals surface area contributed by atoms with E-state index < -0.39 is 10.0 Å². The third-order valence-corrected chi connectivity index (χ3v) is 7.01. The Bertz CT molecular complexity index is 1300. The zero-order valence-electron chi connectivity index (χ0n) is 17.2. The summed E-state index contributed by atoms with van der Waals surface area (Å²) in [7, 11) is -3.64. The molecule has 0 amide bonds. The molecule has 10 nitrogen and oxygen atoms in total. The molecule has 1 aliphatic heterocycles. The van der Waals surface area contributed by atoms with Gasteiger partial charge in [-0.1, -0.05) is 23.0 Å². The molecule has 166 valence electrons. The molecule has 0 spiro atoms. The van der Waals surface area contributed by atoms with Crippen molar-refractivity contribution < 1.29 is 18.0 Å². The number of aromatic nitrogens is 5. The normalized spacial score (nSPS) is 17.6. The van der Waals surface area contributed by atoms with Gasteiger partial charge in [0.2, 0.25) is 5.65 Å². The molecule has 0 N–H and O–H groups in total. The summed E-state index contributed by atoms with van der Waals surface area (Å²) < 4.78 is 33.3. The maximum Gasteiger partial charge on any atom is 0.267 e. The molecule has 4 aromatic rings. The van der Waals surface area contributed by atoms with E-state index in [1.54, 1.807) is 54.9 Å². The second kappa shape index (κ2) is 8.69. The summed E-state index contributed by atoms with van der Waals surface area (Å²) in [5.74, 6) is 0. The van der Waals surface area contributed by atoms with E-state index in [0.29, 0.717) is 43.1 Å². The van der Waals surface area contributed by atoms with Crippen molar-refractivity contribution in [2.45, 2.75) is 17.5 Å². The molecule has 1 aromatic carbocycles. The van der Waals surface area contributed by atoms with Gasteiger partial charge in [0, 0.05) is 37.7 Å². The molecule has 1 atom stereocenters. The summed E-state index contributed by atoms with van der Waals surface area (Å²) in [4.78, 5) is 13.7. The molecule has 1 unspecified atom stereocenters. The molecule has 1 fully saturated rings. The van der Waals surface area contributed by atoms with Crippen LogP contribution in [0, 0.1) is 0 Å². The van der Waals surface area contributed by atoms with Gasteiger partial charge in [-0.25, -0.2) is 17.4 Å². The molecule has 32 heavy (non-hydrogen) atoms. The number of hydrogen-bond acceptors (Lipinski definition) is 8. The number of pyridine rings is 1. The zero-order valence-corrected chi connectivity index (χ0v) is 18.0. The van der Waals surface area contributed by atoms with Crippen molar-refractivity contribution >= 4 is 21.2 Å². The number of nitrogens with zero attached hydrogens (tertiary/aromatic N) is 6. The number of rotatable bonds is 7. The standard InChI is InChI=1S/C21H22N6O4S/c28-32(29,19-7-2-1-3-8-19)26-11-5-6-17(26)14-25-12-13-30-18(15-25)16-31-27-21-20(23-24-27)9-4-10-22-21/h1-11,18H,12-16H2. The van der Waals surface area contributed by atoms with E-state index in [9.17, 15) is 8.42 Å². The molecular formula is C21H22N6O4S. The predicted molar refractivity (Wildman–Crippen MR) is 115 cm³/mol. The molecule has 0 saturated carbocycles. The third kappa shape index (κ3) is 4.09. The Morgan fingerprint density at radius 1 is 1.09 bits per heavy atom. The highest BCUT2D eigenvalue weighted by Gasteiger charge is 2.25. The van der Waals surface area contributed by atoms with Crippen LogP contribution in [0.5, 0.6) is 0 Å². The molecule has 1 aliphatic rings. The first-order valence-electron chi connectivity index (χ1n) is 10.2. The van der Waals surface area contributed by atoms with E-state index in [-0.39, 0.29) is 17.6 Å². The number of benzene rings is 1. The Kier molecular flexibility index (Phi) is 5.60. The maximum absolute atomic E-state index is 13.0. The van der Waals surface area contributed by atoms with Gasteiger partial charge in [-0.05, 0) is 41.6 Å². The third-order valence-electron chi connectivity index (χ3n) is 5.27. The van der Waals surface area contributed by atoms with Crippen molar-refractivity contribution in [2.24, 2.45) is 0 Å². The number of morpholine rings is 1. The van der Waals surface area contributed by atoms with Gasteiger partial charge < -0.3 is 9.57 Å². The van der Waals surface area contributed by atoms with Gasteiger partial charge in [0.05, 0.1) is 11.5 Å². The molecule has 0 aliphatic carbocycles. The second-order valence-electron chi connectivity index (χ2n) is 7.45. The predicted octanol–water partition coefficient (Wildman–Crippen LogP) is 1.19. The fourth-order valence-electron chi connectivity index (χ4n) is 3.70. The smallest absolute Gasteiger partial charge is 0.267 e. The van der Waals surface area contributed by atoms with Crippen molar-refractivity contribution in [3.8, 4) is 0 Å². The number of ether oxygens (including phenoxy) is 1. The van der Waals surface area contributed by atoms with Gasteiger partial charge in [-0.15, -0.1) is 5.10 Å². The highest BCUT2D eigenvalue weighted by Crippen LogP contribution is 2.19. The Labute approximate surface area is 185 Å². The van der Waals surface area contributed by atoms with E-state index >= 15 is 0 Å². The van der Waals surface area contributed by atoms with E-state index in [0.717, 1.165) is 0 Å². The van der Waals surface area contributed by atoms with Gasteiger partial charge in [0.1, 0.15) is 18.2 Å². The zero-order chi connectivity index (χ0) is 22.0. The van der Waals surface area contributed by atoms with Crippen LogP contribution in [0.1, 0.15) is 5.69 Å². The fourth-order valence-corrected chi connectivity index (χ4v) is 5.09. The Balaban J connectivity index is 1.25. The molecule has 3 aromatic heterocycles. The lowest BCUT2D eigenvalue weighted by molar-refractivity contribution is -0.0772. The van der Waals surface area contributed by atoms with E-state index in [2.05, 4.69) is 20.2 Å². The summed E-state index contributed by atoms with van der Waals surface area (Å²) in [6.07, 6.45) is 3.05. The van der Waals surface area contributed by atoms with Crippen molar-refractivity contribution in [3.05, 3.63) is 72.7 Å². The maximum atomic E-state index is 13.0. The summed E-state index contributed by atoms with van der Waals surface area (Å²) in [6, 6.07) is 15.6. The van der Waals surface area contributed by atoms with Gasteiger partial charge in [-0.3, -0.25) is 4.90 Å². The first-order chi connectivity index (χ1) is 15.6. The van der Waals surface area contributed by atoms with Crippen LogP contribution in [-0.2, 0) is 21.3 Å². The second-order valence-corrected chi connectivity index (χ2v) is 9.26. The van der Waals surface area contributed by atoms with Crippen LogP contribution in [0.3, 0.4) is 0 Å². The Hall–Kier alpha value is -3.28. The van der Waals surface area contributed by atoms with Gasteiger partial charge >= 0.3 is 0 Å². The largest absolute Gasteiger partial charge is 0.391 e. The summed E-state index contributed by atoms with van der Waals surface area (Å²) in [5.41, 5.74) is 1.89. The van der Waals surface area contributed by atoms with Crippen molar-refractivity contribution in [1.29, 1.82) is 0 Å². The lowest BCUT2D eigenvalue weighted by atomic mass is 10.2. The summed E-state index contributed by atoms with van der Waals surface area (Å²) >= 11 is 0. The lowest BCUT2D eigenvalue weighted by Crippen LogP contribution is -2.45. The highest BCUT2D eigenvalue weighted by molar-refractivity contribution is 7.90. The average Bonchev–Trinajstić information content (AvgIpc) is 3.46. The quantitative estimate of drug-likeness (QED) is 0.410. The van der Waals surface area contributed by atoms with E-state index in [1.807, 2.05) is 12.1 Å². The van der Waals surface area contributed by atoms with Gasteiger partial charge in [0.25, 0.3) is 10.0 Å². The molecule has 5 rings (SSSR count). The molecule has 0 bridgehead atoms. The Morgan fingerprint density at radius 3 is 2.84 bits per heavy atom. The number of fused-ring (bicyclic) bond motifs is 1. The molecular weight excluding hydrogens is 432 g/mol. The van der Waals surface area contributed by atoms with Crippen molar-refractivity contribution in [3.63, 3.8) is 0 Å². The SMILES string of the molecule is O=S(=O)(c1ccccc1)n1cccc1CN1CCOC(COn2nnc3cccnc32)C1. The minimum absolute atomic E-state index is 0.194. The number of hydrogen-bond donors (Lipinski definition) is 0. The highest BCUT2D eigenvalue weighted by atomic mass is 32.2. The van der Waals surface area contributed by atoms with E-state index in [1.165, 1.54) is 8.82 Å². The molecule has 1 saturated heterocycles. The summed E-state index contributed by atoms with van der Waals surface area (Å²) in [6.45, 7) is 2.57. The molecule has 0 radical (unpaired) electrons. The van der Waals surface area contributed by atoms with Crippen LogP contribution in [0.4, 0.5) is 0 Å². The monoisotopic (exact) mass is 454 g/mol.